The molecule has 0 bridgehead atoms. The van der Waals surface area contributed by atoms with Crippen LogP contribution < -0.4 is 14.8 Å². The molecule has 0 saturated heterocycles. The molecule has 0 unspecified atom stereocenters. The molecule has 4 aromatic rings. The molecule has 152 valence electrons. The van der Waals surface area contributed by atoms with Crippen LogP contribution in [-0.2, 0) is 13.2 Å². The molecule has 3 heterocycles. The van der Waals surface area contributed by atoms with Gasteiger partial charge in [-0.3, -0.25) is 14.2 Å². The van der Waals surface area contributed by atoms with Crippen molar-refractivity contribution in [2.45, 2.75) is 20.1 Å². The molecule has 4 rings (SSSR count). The Hall–Kier alpha value is -3.94. The molecular formula is C22H21N5O3. The van der Waals surface area contributed by atoms with Crippen molar-refractivity contribution in [2.24, 2.45) is 0 Å². The lowest BCUT2D eigenvalue weighted by Gasteiger charge is -2.13. The van der Waals surface area contributed by atoms with Gasteiger partial charge in [-0.2, -0.15) is 0 Å². The number of amides is 1. The fraction of sp³-hybridized carbons (Fsp3) is 0.182. The van der Waals surface area contributed by atoms with Gasteiger partial charge in [0, 0.05) is 24.2 Å². The van der Waals surface area contributed by atoms with Crippen molar-refractivity contribution in [3.8, 4) is 11.5 Å². The summed E-state index contributed by atoms with van der Waals surface area (Å²) in [6, 6.07) is 14.5. The first-order valence-electron chi connectivity index (χ1n) is 9.60. The lowest BCUT2D eigenvalue weighted by Crippen LogP contribution is -2.24. The van der Waals surface area contributed by atoms with Crippen LogP contribution in [0.5, 0.6) is 11.5 Å². The normalized spacial score (nSPS) is 10.7. The van der Waals surface area contributed by atoms with E-state index in [1.165, 1.54) is 0 Å². The summed E-state index contributed by atoms with van der Waals surface area (Å²) in [4.78, 5) is 16.6. The second kappa shape index (κ2) is 9.04. The van der Waals surface area contributed by atoms with Crippen LogP contribution >= 0.6 is 0 Å². The predicted octanol–water partition coefficient (Wildman–Crippen LogP) is 3.03. The van der Waals surface area contributed by atoms with Crippen LogP contribution in [0.1, 0.15) is 28.7 Å². The highest BCUT2D eigenvalue weighted by Gasteiger charge is 2.13. The van der Waals surface area contributed by atoms with Gasteiger partial charge >= 0.3 is 0 Å². The first-order valence-corrected chi connectivity index (χ1v) is 9.60. The number of hydrogen-bond acceptors (Lipinski definition) is 6. The first-order chi connectivity index (χ1) is 14.7. The second-order valence-corrected chi connectivity index (χ2v) is 6.47. The SMILES string of the molecule is CCOc1cc(C(=O)NCc2nnc3ccccn23)ccc1OCc1ccncc1. The van der Waals surface area contributed by atoms with Gasteiger partial charge in [0.15, 0.2) is 23.0 Å². The second-order valence-electron chi connectivity index (χ2n) is 6.47. The molecule has 0 spiro atoms. The summed E-state index contributed by atoms with van der Waals surface area (Å²) >= 11 is 0. The van der Waals surface area contributed by atoms with Crippen molar-refractivity contribution >= 4 is 11.6 Å². The van der Waals surface area contributed by atoms with Crippen LogP contribution in [0.15, 0.2) is 67.1 Å². The van der Waals surface area contributed by atoms with Crippen molar-refractivity contribution < 1.29 is 14.3 Å². The molecule has 0 aliphatic heterocycles. The number of carbonyl (C=O) groups excluding carboxylic acids is 1. The molecule has 8 nitrogen and oxygen atoms in total. The monoisotopic (exact) mass is 403 g/mol. The van der Waals surface area contributed by atoms with Gasteiger partial charge in [-0.1, -0.05) is 6.07 Å². The summed E-state index contributed by atoms with van der Waals surface area (Å²) < 4.78 is 13.4. The highest BCUT2D eigenvalue weighted by molar-refractivity contribution is 5.94. The highest BCUT2D eigenvalue weighted by Crippen LogP contribution is 2.29. The van der Waals surface area contributed by atoms with Crippen LogP contribution in [0.4, 0.5) is 0 Å². The first kappa shape index (κ1) is 19.4. The predicted molar refractivity (Wildman–Crippen MR) is 110 cm³/mol. The van der Waals surface area contributed by atoms with E-state index in [0.29, 0.717) is 36.1 Å². The third kappa shape index (κ3) is 4.38. The number of carbonyl (C=O) groups is 1. The Morgan fingerprint density at radius 2 is 1.90 bits per heavy atom. The summed E-state index contributed by atoms with van der Waals surface area (Å²) in [6.07, 6.45) is 5.29. The van der Waals surface area contributed by atoms with Gasteiger partial charge in [0.2, 0.25) is 0 Å². The van der Waals surface area contributed by atoms with E-state index in [1.54, 1.807) is 30.6 Å². The molecule has 1 N–H and O–H groups in total. The van der Waals surface area contributed by atoms with Gasteiger partial charge in [-0.15, -0.1) is 10.2 Å². The Kier molecular flexibility index (Phi) is 5.84. The van der Waals surface area contributed by atoms with E-state index in [9.17, 15) is 4.79 Å². The molecule has 0 saturated carbocycles. The summed E-state index contributed by atoms with van der Waals surface area (Å²) in [5.41, 5.74) is 2.20. The lowest BCUT2D eigenvalue weighted by atomic mass is 10.2. The highest BCUT2D eigenvalue weighted by atomic mass is 16.5. The minimum atomic E-state index is -0.232. The Bertz CT molecular complexity index is 1140. The summed E-state index contributed by atoms with van der Waals surface area (Å²) in [6.45, 7) is 2.99. The third-order valence-electron chi connectivity index (χ3n) is 4.44. The van der Waals surface area contributed by atoms with Crippen molar-refractivity contribution in [3.05, 3.63) is 84.1 Å². The number of nitrogens with zero attached hydrogens (tertiary/aromatic N) is 4. The molecule has 0 radical (unpaired) electrons. The molecule has 3 aromatic heterocycles. The largest absolute Gasteiger partial charge is 0.490 e. The number of fused-ring (bicyclic) bond motifs is 1. The minimum absolute atomic E-state index is 0.232. The van der Waals surface area contributed by atoms with Crippen LogP contribution in [0, 0.1) is 0 Å². The summed E-state index contributed by atoms with van der Waals surface area (Å²) in [5.74, 6) is 1.52. The van der Waals surface area contributed by atoms with E-state index in [1.807, 2.05) is 47.9 Å². The molecule has 30 heavy (non-hydrogen) atoms. The quantitative estimate of drug-likeness (QED) is 0.486. The Morgan fingerprint density at radius 3 is 2.73 bits per heavy atom. The fourth-order valence-electron chi connectivity index (χ4n) is 2.95. The van der Waals surface area contributed by atoms with Crippen molar-refractivity contribution in [1.82, 2.24) is 24.9 Å². The number of nitrogens with one attached hydrogen (secondary N) is 1. The molecule has 0 aliphatic rings. The number of benzene rings is 1. The Morgan fingerprint density at radius 1 is 1.03 bits per heavy atom. The van der Waals surface area contributed by atoms with Crippen molar-refractivity contribution in [3.63, 3.8) is 0 Å². The maximum absolute atomic E-state index is 12.7. The van der Waals surface area contributed by atoms with Crippen molar-refractivity contribution in [2.75, 3.05) is 6.61 Å². The van der Waals surface area contributed by atoms with E-state index in [-0.39, 0.29) is 12.5 Å². The molecular weight excluding hydrogens is 382 g/mol. The van der Waals surface area contributed by atoms with E-state index in [4.69, 9.17) is 9.47 Å². The number of ether oxygens (including phenoxy) is 2. The topological polar surface area (TPSA) is 90.6 Å². The van der Waals surface area contributed by atoms with Gasteiger partial charge < -0.3 is 14.8 Å². The fourth-order valence-corrected chi connectivity index (χ4v) is 2.95. The maximum atomic E-state index is 12.7. The van der Waals surface area contributed by atoms with Crippen LogP contribution in [0.3, 0.4) is 0 Å². The van der Waals surface area contributed by atoms with Crippen molar-refractivity contribution in [1.29, 1.82) is 0 Å². The molecule has 1 aromatic carbocycles. The Labute approximate surface area is 173 Å². The number of rotatable bonds is 8. The van der Waals surface area contributed by atoms with E-state index in [0.717, 1.165) is 11.2 Å². The van der Waals surface area contributed by atoms with E-state index >= 15 is 0 Å². The zero-order chi connectivity index (χ0) is 20.8. The molecule has 0 aliphatic carbocycles. The molecule has 0 fully saturated rings. The molecule has 0 atom stereocenters. The van der Waals surface area contributed by atoms with Crippen LogP contribution in [0.2, 0.25) is 0 Å². The minimum Gasteiger partial charge on any atom is -0.490 e. The zero-order valence-corrected chi connectivity index (χ0v) is 16.5. The van der Waals surface area contributed by atoms with Gasteiger partial charge in [-0.25, -0.2) is 0 Å². The maximum Gasteiger partial charge on any atom is 0.251 e. The summed E-state index contributed by atoms with van der Waals surface area (Å²) in [5, 5.41) is 11.1. The zero-order valence-electron chi connectivity index (χ0n) is 16.5. The van der Waals surface area contributed by atoms with E-state index in [2.05, 4.69) is 20.5 Å². The average Bonchev–Trinajstić information content (AvgIpc) is 3.20. The standard InChI is InChI=1S/C22H21N5O3/c1-2-29-19-13-17(6-7-18(19)30-15-16-8-10-23-11-9-16)22(28)24-14-21-26-25-20-5-3-4-12-27(20)21/h3-13H,2,14-15H2,1H3,(H,24,28). The van der Waals surface area contributed by atoms with Gasteiger partial charge in [0.1, 0.15) is 6.61 Å². The van der Waals surface area contributed by atoms with Crippen LogP contribution in [-0.4, -0.2) is 32.1 Å². The van der Waals surface area contributed by atoms with Gasteiger partial charge in [-0.05, 0) is 55.0 Å². The Balaban J connectivity index is 1.45. The third-order valence-corrected chi connectivity index (χ3v) is 4.44. The summed E-state index contributed by atoms with van der Waals surface area (Å²) in [7, 11) is 0. The number of aromatic nitrogens is 4. The van der Waals surface area contributed by atoms with E-state index < -0.39 is 0 Å². The lowest BCUT2D eigenvalue weighted by molar-refractivity contribution is 0.0949. The van der Waals surface area contributed by atoms with Gasteiger partial charge in [0.05, 0.1) is 13.2 Å². The average molecular weight is 403 g/mol. The molecule has 8 heteroatoms. The number of pyridine rings is 2. The molecule has 1 amide bonds. The van der Waals surface area contributed by atoms with Gasteiger partial charge in [0.25, 0.3) is 5.91 Å². The number of hydrogen-bond donors (Lipinski definition) is 1. The van der Waals surface area contributed by atoms with Crippen LogP contribution in [0.25, 0.3) is 5.65 Å². The smallest absolute Gasteiger partial charge is 0.251 e.